The number of hydrogen-bond donors (Lipinski definition) is 0. The Morgan fingerprint density at radius 2 is 2.00 bits per heavy atom. The molecule has 6 heteroatoms. The lowest BCUT2D eigenvalue weighted by Crippen LogP contribution is -1.87. The summed E-state index contributed by atoms with van der Waals surface area (Å²) in [5.41, 5.74) is 4.33. The van der Waals surface area contributed by atoms with Crippen molar-refractivity contribution in [1.82, 2.24) is 9.38 Å². The minimum absolute atomic E-state index is 0.0924. The number of aryl methyl sites for hydroxylation is 1. The van der Waals surface area contributed by atoms with Gasteiger partial charge in [0.15, 0.2) is 4.96 Å². The molecule has 0 saturated carbocycles. The zero-order chi connectivity index (χ0) is 17.4. The quantitative estimate of drug-likeness (QED) is 0.354. The molecule has 0 bridgehead atoms. The minimum atomic E-state index is -0.390. The maximum absolute atomic E-state index is 10.8. The average Bonchev–Trinajstić information content (AvgIpc) is 3.17. The van der Waals surface area contributed by atoms with Gasteiger partial charge in [0.1, 0.15) is 0 Å². The molecule has 4 rings (SSSR count). The van der Waals surface area contributed by atoms with Gasteiger partial charge in [0.2, 0.25) is 0 Å². The van der Waals surface area contributed by atoms with E-state index in [0.29, 0.717) is 0 Å². The molecule has 0 fully saturated rings. The molecule has 0 amide bonds. The summed E-state index contributed by atoms with van der Waals surface area (Å²) >= 11 is 1.68. The third kappa shape index (κ3) is 2.89. The van der Waals surface area contributed by atoms with E-state index in [-0.39, 0.29) is 10.6 Å². The van der Waals surface area contributed by atoms with Gasteiger partial charge < -0.3 is 0 Å². The van der Waals surface area contributed by atoms with Crippen LogP contribution in [-0.4, -0.2) is 14.3 Å². The summed E-state index contributed by atoms with van der Waals surface area (Å²) in [6.07, 6.45) is 5.52. The number of thiazole rings is 1. The highest BCUT2D eigenvalue weighted by Crippen LogP contribution is 2.31. The number of unbranched alkanes of at least 4 members (excludes halogenated alkanes) is 1. The van der Waals surface area contributed by atoms with Crippen molar-refractivity contribution in [3.63, 3.8) is 0 Å². The van der Waals surface area contributed by atoms with E-state index < -0.39 is 0 Å². The summed E-state index contributed by atoms with van der Waals surface area (Å²) in [4.78, 5) is 16.0. The Labute approximate surface area is 148 Å². The standard InChI is InChI=1S/C19H17N3O2S/c1-2-3-4-13-5-10-17-18(11-13)25-19-20-16(12-21(17)19)14-6-8-15(9-7-14)22(23)24/h5-12H,2-4H2,1H3. The summed E-state index contributed by atoms with van der Waals surface area (Å²) in [5, 5.41) is 10.8. The Hall–Kier alpha value is -2.73. The molecule has 126 valence electrons. The molecule has 2 aromatic carbocycles. The van der Waals surface area contributed by atoms with Gasteiger partial charge in [-0.1, -0.05) is 30.7 Å². The van der Waals surface area contributed by atoms with E-state index in [0.717, 1.165) is 28.2 Å². The predicted octanol–water partition coefficient (Wildman–Crippen LogP) is 5.47. The number of nitro groups is 1. The average molecular weight is 351 g/mol. The number of nitrogens with zero attached hydrogens (tertiary/aromatic N) is 3. The van der Waals surface area contributed by atoms with Crippen molar-refractivity contribution in [2.75, 3.05) is 0 Å². The molecule has 0 aliphatic heterocycles. The van der Waals surface area contributed by atoms with Gasteiger partial charge in [-0.2, -0.15) is 0 Å². The molecule has 0 spiro atoms. The summed E-state index contributed by atoms with van der Waals surface area (Å²) < 4.78 is 3.34. The Morgan fingerprint density at radius 1 is 1.20 bits per heavy atom. The second-order valence-corrected chi connectivity index (χ2v) is 7.10. The second-order valence-electron chi connectivity index (χ2n) is 6.09. The molecule has 0 unspecified atom stereocenters. The number of non-ortho nitro benzene ring substituents is 1. The van der Waals surface area contributed by atoms with Gasteiger partial charge in [-0.05, 0) is 42.7 Å². The van der Waals surface area contributed by atoms with Crippen LogP contribution in [0.2, 0.25) is 0 Å². The zero-order valence-corrected chi connectivity index (χ0v) is 14.6. The van der Waals surface area contributed by atoms with Crippen LogP contribution < -0.4 is 0 Å². The van der Waals surface area contributed by atoms with Gasteiger partial charge in [-0.3, -0.25) is 14.5 Å². The number of rotatable bonds is 5. The Kier molecular flexibility index (Phi) is 3.97. The molecular weight excluding hydrogens is 334 g/mol. The van der Waals surface area contributed by atoms with Gasteiger partial charge in [0.25, 0.3) is 5.69 Å². The maximum Gasteiger partial charge on any atom is 0.269 e. The van der Waals surface area contributed by atoms with E-state index in [1.807, 2.05) is 6.20 Å². The zero-order valence-electron chi connectivity index (χ0n) is 13.8. The highest BCUT2D eigenvalue weighted by molar-refractivity contribution is 7.23. The predicted molar refractivity (Wildman–Crippen MR) is 101 cm³/mol. The molecule has 5 nitrogen and oxygen atoms in total. The third-order valence-corrected chi connectivity index (χ3v) is 5.37. The van der Waals surface area contributed by atoms with Crippen molar-refractivity contribution in [2.45, 2.75) is 26.2 Å². The fourth-order valence-corrected chi connectivity index (χ4v) is 4.05. The van der Waals surface area contributed by atoms with Crippen LogP contribution in [0.4, 0.5) is 5.69 Å². The van der Waals surface area contributed by atoms with E-state index in [1.54, 1.807) is 23.5 Å². The molecule has 2 heterocycles. The first kappa shape index (κ1) is 15.8. The molecule has 25 heavy (non-hydrogen) atoms. The van der Waals surface area contributed by atoms with Crippen molar-refractivity contribution in [1.29, 1.82) is 0 Å². The third-order valence-electron chi connectivity index (χ3n) is 4.35. The van der Waals surface area contributed by atoms with Crippen LogP contribution in [0.1, 0.15) is 25.3 Å². The largest absolute Gasteiger partial charge is 0.290 e. The minimum Gasteiger partial charge on any atom is -0.290 e. The van der Waals surface area contributed by atoms with Crippen LogP contribution in [0.25, 0.3) is 26.4 Å². The first-order valence-electron chi connectivity index (χ1n) is 8.31. The summed E-state index contributed by atoms with van der Waals surface area (Å²) in [5.74, 6) is 0. The van der Waals surface area contributed by atoms with E-state index in [9.17, 15) is 10.1 Å². The highest BCUT2D eigenvalue weighted by Gasteiger charge is 2.12. The first-order valence-corrected chi connectivity index (χ1v) is 9.12. The first-order chi connectivity index (χ1) is 12.2. The van der Waals surface area contributed by atoms with Gasteiger partial charge in [-0.25, -0.2) is 4.98 Å². The number of imidazole rings is 1. The maximum atomic E-state index is 10.8. The SMILES string of the molecule is CCCCc1ccc2c(c1)sc1nc(-c3ccc([N+](=O)[O-])cc3)cn12. The van der Waals surface area contributed by atoms with Crippen molar-refractivity contribution in [2.24, 2.45) is 0 Å². The Bertz CT molecular complexity index is 1060. The van der Waals surface area contributed by atoms with Gasteiger partial charge in [0.05, 0.1) is 20.8 Å². The summed E-state index contributed by atoms with van der Waals surface area (Å²) in [6, 6.07) is 13.1. The lowest BCUT2D eigenvalue weighted by molar-refractivity contribution is -0.384. The van der Waals surface area contributed by atoms with E-state index in [2.05, 4.69) is 29.5 Å². The molecule has 0 N–H and O–H groups in total. The van der Waals surface area contributed by atoms with Crippen molar-refractivity contribution >= 4 is 32.2 Å². The van der Waals surface area contributed by atoms with Crippen LogP contribution in [0.5, 0.6) is 0 Å². The van der Waals surface area contributed by atoms with Crippen LogP contribution >= 0.6 is 11.3 Å². The normalized spacial score (nSPS) is 11.4. The number of aromatic nitrogens is 2. The number of hydrogen-bond acceptors (Lipinski definition) is 4. The molecule has 4 aromatic rings. The molecule has 0 radical (unpaired) electrons. The molecule has 2 aromatic heterocycles. The van der Waals surface area contributed by atoms with Gasteiger partial charge in [-0.15, -0.1) is 0 Å². The summed E-state index contributed by atoms with van der Waals surface area (Å²) in [6.45, 7) is 2.21. The Morgan fingerprint density at radius 3 is 2.72 bits per heavy atom. The van der Waals surface area contributed by atoms with Crippen LogP contribution in [0, 0.1) is 10.1 Å². The number of fused-ring (bicyclic) bond motifs is 3. The Balaban J connectivity index is 1.71. The van der Waals surface area contributed by atoms with Crippen molar-refractivity contribution in [3.05, 3.63) is 64.3 Å². The van der Waals surface area contributed by atoms with Gasteiger partial charge in [0, 0.05) is 23.9 Å². The van der Waals surface area contributed by atoms with Gasteiger partial charge >= 0.3 is 0 Å². The molecule has 0 atom stereocenters. The lowest BCUT2D eigenvalue weighted by Gasteiger charge is -2.00. The van der Waals surface area contributed by atoms with E-state index >= 15 is 0 Å². The number of benzene rings is 2. The topological polar surface area (TPSA) is 60.4 Å². The second kappa shape index (κ2) is 6.29. The highest BCUT2D eigenvalue weighted by atomic mass is 32.1. The van der Waals surface area contributed by atoms with E-state index in [1.165, 1.54) is 35.2 Å². The molecule has 0 aliphatic rings. The summed E-state index contributed by atoms with van der Waals surface area (Å²) in [7, 11) is 0. The van der Waals surface area contributed by atoms with Crippen molar-refractivity contribution in [3.8, 4) is 11.3 Å². The lowest BCUT2D eigenvalue weighted by atomic mass is 10.1. The smallest absolute Gasteiger partial charge is 0.269 e. The van der Waals surface area contributed by atoms with E-state index in [4.69, 9.17) is 4.98 Å². The molecule has 0 saturated heterocycles. The monoisotopic (exact) mass is 351 g/mol. The van der Waals surface area contributed by atoms with Crippen LogP contribution in [0.3, 0.4) is 0 Å². The molecule has 0 aliphatic carbocycles. The van der Waals surface area contributed by atoms with Crippen LogP contribution in [-0.2, 0) is 6.42 Å². The van der Waals surface area contributed by atoms with Crippen LogP contribution in [0.15, 0.2) is 48.7 Å². The van der Waals surface area contributed by atoms with Crippen molar-refractivity contribution < 1.29 is 4.92 Å². The number of nitro benzene ring substituents is 1. The fraction of sp³-hybridized carbons (Fsp3) is 0.211. The fourth-order valence-electron chi connectivity index (χ4n) is 2.97. The molecular formula is C19H17N3O2S.